The molecular formula is C30H31F3N6O5. The smallest absolute Gasteiger partial charge is 0.444 e. The van der Waals surface area contributed by atoms with Crippen LogP contribution in [0.3, 0.4) is 0 Å². The van der Waals surface area contributed by atoms with E-state index in [-0.39, 0.29) is 29.5 Å². The van der Waals surface area contributed by atoms with Crippen LogP contribution in [-0.2, 0) is 11.3 Å². The number of halogens is 3. The highest BCUT2D eigenvalue weighted by atomic mass is 19.4. The van der Waals surface area contributed by atoms with Crippen molar-refractivity contribution in [1.82, 2.24) is 29.7 Å². The quantitative estimate of drug-likeness (QED) is 0.279. The van der Waals surface area contributed by atoms with Gasteiger partial charge in [0.1, 0.15) is 11.4 Å². The van der Waals surface area contributed by atoms with Gasteiger partial charge < -0.3 is 23.8 Å². The fraction of sp³-hybridized carbons (Fsp3) is 0.367. The van der Waals surface area contributed by atoms with E-state index >= 15 is 0 Å². The van der Waals surface area contributed by atoms with Crippen LogP contribution in [0.5, 0.6) is 5.75 Å². The molecule has 0 spiro atoms. The number of rotatable bonds is 6. The molecule has 4 aromatic rings. The molecule has 1 saturated heterocycles. The fourth-order valence-corrected chi connectivity index (χ4v) is 4.60. The number of piperazine rings is 1. The predicted molar refractivity (Wildman–Crippen MR) is 152 cm³/mol. The van der Waals surface area contributed by atoms with Gasteiger partial charge in [0.25, 0.3) is 11.8 Å². The van der Waals surface area contributed by atoms with Crippen molar-refractivity contribution in [3.63, 3.8) is 0 Å². The average molecular weight is 613 g/mol. The number of alkyl halides is 3. The number of hydrogen-bond acceptors (Lipinski definition) is 8. The van der Waals surface area contributed by atoms with Crippen LogP contribution in [0, 0.1) is 6.92 Å². The average Bonchev–Trinajstić information content (AvgIpc) is 3.59. The number of ether oxygens (including phenoxy) is 2. The molecule has 1 aliphatic heterocycles. The number of nitrogens with zero attached hydrogens (tertiary/aromatic N) is 6. The summed E-state index contributed by atoms with van der Waals surface area (Å²) >= 11 is 0. The van der Waals surface area contributed by atoms with Gasteiger partial charge in [-0.3, -0.25) is 9.48 Å². The third-order valence-electron chi connectivity index (χ3n) is 6.70. The van der Waals surface area contributed by atoms with Gasteiger partial charge in [-0.2, -0.15) is 10.1 Å². The lowest BCUT2D eigenvalue weighted by molar-refractivity contribution is -0.274. The standard InChI is InChI=1S/C30H31F3N6O5/c1-19-16-24(26-34-25(36-44-26)21-8-10-23(11-9-21)42-30(31,32)33)35-39(19)18-20-6-5-7-22(17-20)27(40)37-12-14-38(15-13-37)28(41)43-29(2,3)4/h5-11,16-17H,12-15,18H2,1-4H3. The molecule has 14 heteroatoms. The Balaban J connectivity index is 1.22. The monoisotopic (exact) mass is 612 g/mol. The van der Waals surface area contributed by atoms with Gasteiger partial charge in [-0.05, 0) is 75.7 Å². The Labute approximate surface area is 251 Å². The van der Waals surface area contributed by atoms with Gasteiger partial charge >= 0.3 is 12.5 Å². The Kier molecular flexibility index (Phi) is 8.35. The van der Waals surface area contributed by atoms with E-state index in [1.54, 1.807) is 26.6 Å². The van der Waals surface area contributed by atoms with Crippen LogP contribution in [0.4, 0.5) is 18.0 Å². The van der Waals surface area contributed by atoms with E-state index in [0.717, 1.165) is 11.3 Å². The zero-order valence-corrected chi connectivity index (χ0v) is 24.6. The second-order valence-electron chi connectivity index (χ2n) is 11.3. The first kappa shape index (κ1) is 30.6. The van der Waals surface area contributed by atoms with Crippen LogP contribution < -0.4 is 4.74 Å². The zero-order chi connectivity index (χ0) is 31.6. The molecule has 0 radical (unpaired) electrons. The maximum absolute atomic E-state index is 13.2. The van der Waals surface area contributed by atoms with Crippen LogP contribution >= 0.6 is 0 Å². The molecule has 2 aromatic heterocycles. The molecule has 232 valence electrons. The van der Waals surface area contributed by atoms with Gasteiger partial charge in [0.2, 0.25) is 5.82 Å². The largest absolute Gasteiger partial charge is 0.573 e. The summed E-state index contributed by atoms with van der Waals surface area (Å²) in [5.74, 6) is -0.147. The van der Waals surface area contributed by atoms with Gasteiger partial charge in [-0.15, -0.1) is 13.2 Å². The molecule has 1 aliphatic rings. The number of aromatic nitrogens is 4. The van der Waals surface area contributed by atoms with Crippen LogP contribution in [0.15, 0.2) is 59.1 Å². The first-order chi connectivity index (χ1) is 20.7. The number of benzene rings is 2. The highest BCUT2D eigenvalue weighted by Crippen LogP contribution is 2.27. The van der Waals surface area contributed by atoms with Crippen molar-refractivity contribution in [1.29, 1.82) is 0 Å². The second kappa shape index (κ2) is 12.0. The van der Waals surface area contributed by atoms with Crippen LogP contribution in [-0.4, -0.2) is 79.9 Å². The molecule has 0 atom stereocenters. The van der Waals surface area contributed by atoms with Crippen LogP contribution in [0.2, 0.25) is 0 Å². The minimum absolute atomic E-state index is 0.120. The first-order valence-electron chi connectivity index (χ1n) is 13.8. The van der Waals surface area contributed by atoms with Gasteiger partial charge in [0.15, 0.2) is 5.69 Å². The summed E-state index contributed by atoms with van der Waals surface area (Å²) in [6.07, 6.45) is -5.17. The van der Waals surface area contributed by atoms with E-state index in [1.165, 1.54) is 24.3 Å². The van der Waals surface area contributed by atoms with Crippen molar-refractivity contribution in [2.75, 3.05) is 26.2 Å². The minimum Gasteiger partial charge on any atom is -0.444 e. The zero-order valence-electron chi connectivity index (χ0n) is 24.6. The van der Waals surface area contributed by atoms with Crippen molar-refractivity contribution in [2.45, 2.75) is 46.2 Å². The fourth-order valence-electron chi connectivity index (χ4n) is 4.60. The molecule has 2 amide bonds. The third-order valence-corrected chi connectivity index (χ3v) is 6.70. The van der Waals surface area contributed by atoms with Crippen molar-refractivity contribution in [3.05, 3.63) is 71.4 Å². The van der Waals surface area contributed by atoms with Crippen molar-refractivity contribution in [2.24, 2.45) is 0 Å². The molecule has 0 bridgehead atoms. The lowest BCUT2D eigenvalue weighted by atomic mass is 10.1. The van der Waals surface area contributed by atoms with Gasteiger partial charge in [-0.1, -0.05) is 17.3 Å². The van der Waals surface area contributed by atoms with Crippen LogP contribution in [0.1, 0.15) is 42.4 Å². The third kappa shape index (κ3) is 7.54. The number of amides is 2. The molecule has 0 saturated carbocycles. The van der Waals surface area contributed by atoms with Crippen molar-refractivity contribution >= 4 is 12.0 Å². The van der Waals surface area contributed by atoms with E-state index in [4.69, 9.17) is 9.26 Å². The lowest BCUT2D eigenvalue weighted by Gasteiger charge is -2.35. The van der Waals surface area contributed by atoms with Crippen molar-refractivity contribution in [3.8, 4) is 28.7 Å². The Morgan fingerprint density at radius 1 is 0.955 bits per heavy atom. The summed E-state index contributed by atoms with van der Waals surface area (Å²) in [6.45, 7) is 9.29. The molecule has 3 heterocycles. The summed E-state index contributed by atoms with van der Waals surface area (Å²) in [5.41, 5.74) is 2.48. The topological polar surface area (TPSA) is 116 Å². The summed E-state index contributed by atoms with van der Waals surface area (Å²) in [5, 5.41) is 8.51. The molecule has 1 fully saturated rings. The summed E-state index contributed by atoms with van der Waals surface area (Å²) in [4.78, 5) is 33.3. The molecule has 5 rings (SSSR count). The number of hydrogen-bond donors (Lipinski definition) is 0. The Morgan fingerprint density at radius 2 is 1.64 bits per heavy atom. The molecule has 2 aromatic carbocycles. The summed E-state index contributed by atoms with van der Waals surface area (Å²) < 4.78 is 53.7. The van der Waals surface area contributed by atoms with E-state index in [1.807, 2.05) is 45.9 Å². The van der Waals surface area contributed by atoms with E-state index in [9.17, 15) is 22.8 Å². The molecule has 0 unspecified atom stereocenters. The van der Waals surface area contributed by atoms with Crippen molar-refractivity contribution < 1.29 is 36.8 Å². The number of carbonyl (C=O) groups excluding carboxylic acids is 2. The maximum atomic E-state index is 13.2. The predicted octanol–water partition coefficient (Wildman–Crippen LogP) is 5.55. The highest BCUT2D eigenvalue weighted by molar-refractivity contribution is 5.94. The second-order valence-corrected chi connectivity index (χ2v) is 11.3. The number of aryl methyl sites for hydroxylation is 1. The molecule has 0 aliphatic carbocycles. The Morgan fingerprint density at radius 3 is 2.30 bits per heavy atom. The lowest BCUT2D eigenvalue weighted by Crippen LogP contribution is -2.51. The van der Waals surface area contributed by atoms with Gasteiger partial charge in [0, 0.05) is 43.0 Å². The summed E-state index contributed by atoms with van der Waals surface area (Å²) in [7, 11) is 0. The minimum atomic E-state index is -4.78. The molecule has 11 nitrogen and oxygen atoms in total. The van der Waals surface area contributed by atoms with Crippen LogP contribution in [0.25, 0.3) is 23.0 Å². The Bertz CT molecular complexity index is 1630. The highest BCUT2D eigenvalue weighted by Gasteiger charge is 2.31. The normalized spacial score (nSPS) is 14.1. The molecule has 44 heavy (non-hydrogen) atoms. The SMILES string of the molecule is Cc1cc(-c2nc(-c3ccc(OC(F)(F)F)cc3)no2)nn1Cc1cccc(C(=O)N2CCN(C(=O)OC(C)(C)C)CC2)c1. The van der Waals surface area contributed by atoms with Gasteiger partial charge in [-0.25, -0.2) is 4.79 Å². The maximum Gasteiger partial charge on any atom is 0.573 e. The Hall–Kier alpha value is -4.88. The molecular weight excluding hydrogens is 581 g/mol. The van der Waals surface area contributed by atoms with E-state index in [2.05, 4.69) is 20.0 Å². The van der Waals surface area contributed by atoms with E-state index < -0.39 is 12.0 Å². The van der Waals surface area contributed by atoms with Gasteiger partial charge in [0.05, 0.1) is 6.54 Å². The van der Waals surface area contributed by atoms with E-state index in [0.29, 0.717) is 49.5 Å². The number of carbonyl (C=O) groups is 2. The summed E-state index contributed by atoms with van der Waals surface area (Å²) in [6, 6.07) is 14.2. The molecule has 0 N–H and O–H groups in total. The first-order valence-corrected chi connectivity index (χ1v) is 13.8.